The van der Waals surface area contributed by atoms with Gasteiger partial charge in [0.05, 0.1) is 11.3 Å². The number of anilines is 1. The van der Waals surface area contributed by atoms with E-state index in [1.807, 2.05) is 18.2 Å². The molecular weight excluding hydrogens is 264 g/mol. The van der Waals surface area contributed by atoms with Gasteiger partial charge in [-0.05, 0) is 24.6 Å². The molecule has 0 aliphatic carbocycles. The van der Waals surface area contributed by atoms with Crippen LogP contribution >= 0.6 is 15.9 Å². The molecule has 1 rings (SSSR count). The predicted molar refractivity (Wildman–Crippen MR) is 71.5 cm³/mol. The number of hydrogen-bond donors (Lipinski definition) is 1. The van der Waals surface area contributed by atoms with Crippen molar-refractivity contribution in [1.29, 1.82) is 5.26 Å². The van der Waals surface area contributed by atoms with Crippen molar-refractivity contribution >= 4 is 21.6 Å². The lowest BCUT2D eigenvalue weighted by molar-refractivity contribution is 0.685. The van der Waals surface area contributed by atoms with E-state index in [0.29, 0.717) is 5.56 Å². The van der Waals surface area contributed by atoms with Gasteiger partial charge in [-0.15, -0.1) is 0 Å². The lowest BCUT2D eigenvalue weighted by Gasteiger charge is -2.08. The number of nitrogens with zero attached hydrogens (tertiary/aromatic N) is 1. The zero-order valence-corrected chi connectivity index (χ0v) is 11.2. The minimum atomic E-state index is 0.707. The Bertz CT molecular complexity index is 369. The number of benzene rings is 1. The molecule has 0 atom stereocenters. The third-order valence-corrected chi connectivity index (χ3v) is 2.94. The SMILES string of the molecule is CCCCCCNc1cc(Br)ccc1C#N. The molecule has 0 aliphatic rings. The van der Waals surface area contributed by atoms with E-state index >= 15 is 0 Å². The number of unbranched alkanes of at least 4 members (excludes halogenated alkanes) is 3. The van der Waals surface area contributed by atoms with Crippen LogP contribution in [0.1, 0.15) is 38.2 Å². The fourth-order valence-electron chi connectivity index (χ4n) is 1.54. The Morgan fingerprint density at radius 3 is 2.81 bits per heavy atom. The van der Waals surface area contributed by atoms with E-state index in [1.54, 1.807) is 0 Å². The molecule has 2 nitrogen and oxygen atoms in total. The summed E-state index contributed by atoms with van der Waals surface area (Å²) in [7, 11) is 0. The van der Waals surface area contributed by atoms with E-state index in [2.05, 4.69) is 34.2 Å². The summed E-state index contributed by atoms with van der Waals surface area (Å²) in [5, 5.41) is 12.3. The van der Waals surface area contributed by atoms with Crippen LogP contribution in [-0.2, 0) is 0 Å². The second kappa shape index (κ2) is 7.29. The van der Waals surface area contributed by atoms with Gasteiger partial charge < -0.3 is 5.32 Å². The maximum Gasteiger partial charge on any atom is 0.101 e. The molecule has 0 radical (unpaired) electrons. The monoisotopic (exact) mass is 280 g/mol. The minimum Gasteiger partial charge on any atom is -0.384 e. The molecule has 0 aromatic heterocycles. The van der Waals surface area contributed by atoms with Gasteiger partial charge in [-0.25, -0.2) is 0 Å². The largest absolute Gasteiger partial charge is 0.384 e. The van der Waals surface area contributed by atoms with E-state index < -0.39 is 0 Å². The lowest BCUT2D eigenvalue weighted by Crippen LogP contribution is -2.03. The Kier molecular flexibility index (Phi) is 5.95. The normalized spacial score (nSPS) is 9.81. The van der Waals surface area contributed by atoms with Crippen LogP contribution in [0, 0.1) is 11.3 Å². The van der Waals surface area contributed by atoms with E-state index in [4.69, 9.17) is 5.26 Å². The highest BCUT2D eigenvalue weighted by Gasteiger charge is 2.01. The summed E-state index contributed by atoms with van der Waals surface area (Å²) in [6.07, 6.45) is 4.94. The Balaban J connectivity index is 2.46. The third-order valence-electron chi connectivity index (χ3n) is 2.45. The molecule has 86 valence electrons. The highest BCUT2D eigenvalue weighted by atomic mass is 79.9. The number of hydrogen-bond acceptors (Lipinski definition) is 2. The first kappa shape index (κ1) is 13.1. The molecule has 0 amide bonds. The minimum absolute atomic E-state index is 0.707. The van der Waals surface area contributed by atoms with Crippen LogP contribution in [0.25, 0.3) is 0 Å². The highest BCUT2D eigenvalue weighted by molar-refractivity contribution is 9.10. The maximum atomic E-state index is 8.94. The molecule has 0 unspecified atom stereocenters. The molecule has 3 heteroatoms. The first-order valence-electron chi connectivity index (χ1n) is 5.71. The summed E-state index contributed by atoms with van der Waals surface area (Å²) in [5.41, 5.74) is 1.63. The molecule has 0 spiro atoms. The second-order valence-corrected chi connectivity index (χ2v) is 4.70. The summed E-state index contributed by atoms with van der Waals surface area (Å²) >= 11 is 3.41. The summed E-state index contributed by atoms with van der Waals surface area (Å²) in [6, 6.07) is 7.87. The smallest absolute Gasteiger partial charge is 0.101 e. The molecule has 1 aromatic carbocycles. The maximum absolute atomic E-state index is 8.94. The molecule has 0 bridgehead atoms. The first-order chi connectivity index (χ1) is 7.77. The molecule has 1 N–H and O–H groups in total. The number of nitriles is 1. The zero-order chi connectivity index (χ0) is 11.8. The van der Waals surface area contributed by atoms with Crippen molar-refractivity contribution in [3.63, 3.8) is 0 Å². The van der Waals surface area contributed by atoms with Crippen LogP contribution in [0.5, 0.6) is 0 Å². The standard InChI is InChI=1S/C13H17BrN2/c1-2-3-4-5-8-16-13-9-12(14)7-6-11(13)10-15/h6-7,9,16H,2-5,8H2,1H3. The Hall–Kier alpha value is -1.01. The van der Waals surface area contributed by atoms with Crippen LogP contribution in [0.3, 0.4) is 0 Å². The molecule has 0 saturated carbocycles. The molecule has 0 fully saturated rings. The van der Waals surface area contributed by atoms with Gasteiger partial charge in [0.2, 0.25) is 0 Å². The second-order valence-electron chi connectivity index (χ2n) is 3.79. The number of nitrogens with one attached hydrogen (secondary N) is 1. The predicted octanol–water partition coefficient (Wildman–Crippen LogP) is 4.31. The molecule has 0 heterocycles. The molecule has 0 saturated heterocycles. The average Bonchev–Trinajstić information content (AvgIpc) is 2.29. The van der Waals surface area contributed by atoms with Crippen molar-refractivity contribution in [2.75, 3.05) is 11.9 Å². The average molecular weight is 281 g/mol. The topological polar surface area (TPSA) is 35.8 Å². The van der Waals surface area contributed by atoms with Crippen molar-refractivity contribution in [3.8, 4) is 6.07 Å². The first-order valence-corrected chi connectivity index (χ1v) is 6.50. The molecule has 0 aliphatic heterocycles. The fraction of sp³-hybridized carbons (Fsp3) is 0.462. The van der Waals surface area contributed by atoms with Gasteiger partial charge in [-0.2, -0.15) is 5.26 Å². The van der Waals surface area contributed by atoms with Crippen LogP contribution in [-0.4, -0.2) is 6.54 Å². The Morgan fingerprint density at radius 1 is 1.31 bits per heavy atom. The van der Waals surface area contributed by atoms with Gasteiger partial charge in [0.25, 0.3) is 0 Å². The summed E-state index contributed by atoms with van der Waals surface area (Å²) in [4.78, 5) is 0. The van der Waals surface area contributed by atoms with Gasteiger partial charge in [-0.3, -0.25) is 0 Å². The van der Waals surface area contributed by atoms with Gasteiger partial charge in [0.1, 0.15) is 6.07 Å². The van der Waals surface area contributed by atoms with E-state index in [-0.39, 0.29) is 0 Å². The molecular formula is C13H17BrN2. The quantitative estimate of drug-likeness (QED) is 0.788. The van der Waals surface area contributed by atoms with E-state index in [0.717, 1.165) is 23.1 Å². The van der Waals surface area contributed by atoms with Crippen LogP contribution in [0.2, 0.25) is 0 Å². The molecule has 16 heavy (non-hydrogen) atoms. The van der Waals surface area contributed by atoms with E-state index in [9.17, 15) is 0 Å². The molecule has 1 aromatic rings. The van der Waals surface area contributed by atoms with Crippen molar-refractivity contribution < 1.29 is 0 Å². The number of halogens is 1. The van der Waals surface area contributed by atoms with Crippen molar-refractivity contribution in [3.05, 3.63) is 28.2 Å². The Morgan fingerprint density at radius 2 is 2.12 bits per heavy atom. The van der Waals surface area contributed by atoms with Crippen LogP contribution < -0.4 is 5.32 Å². The fourth-order valence-corrected chi connectivity index (χ4v) is 1.90. The third kappa shape index (κ3) is 4.24. The van der Waals surface area contributed by atoms with Crippen LogP contribution in [0.15, 0.2) is 22.7 Å². The van der Waals surface area contributed by atoms with Crippen molar-refractivity contribution in [2.24, 2.45) is 0 Å². The van der Waals surface area contributed by atoms with Gasteiger partial charge in [0, 0.05) is 11.0 Å². The van der Waals surface area contributed by atoms with E-state index in [1.165, 1.54) is 19.3 Å². The Labute approximate surface area is 106 Å². The summed E-state index contributed by atoms with van der Waals surface area (Å²) in [5.74, 6) is 0. The van der Waals surface area contributed by atoms with Crippen molar-refractivity contribution in [1.82, 2.24) is 0 Å². The summed E-state index contributed by atoms with van der Waals surface area (Å²) < 4.78 is 1.00. The highest BCUT2D eigenvalue weighted by Crippen LogP contribution is 2.20. The van der Waals surface area contributed by atoms with Crippen molar-refractivity contribution in [2.45, 2.75) is 32.6 Å². The summed E-state index contributed by atoms with van der Waals surface area (Å²) in [6.45, 7) is 3.14. The van der Waals surface area contributed by atoms with Gasteiger partial charge in [0.15, 0.2) is 0 Å². The van der Waals surface area contributed by atoms with Crippen LogP contribution in [0.4, 0.5) is 5.69 Å². The number of rotatable bonds is 6. The van der Waals surface area contributed by atoms with Gasteiger partial charge in [-0.1, -0.05) is 42.1 Å². The van der Waals surface area contributed by atoms with Gasteiger partial charge >= 0.3 is 0 Å². The lowest BCUT2D eigenvalue weighted by atomic mass is 10.1. The zero-order valence-electron chi connectivity index (χ0n) is 9.59.